The van der Waals surface area contributed by atoms with Crippen molar-refractivity contribution < 1.29 is 8.79 Å². The van der Waals surface area contributed by atoms with Crippen LogP contribution >= 0.6 is 0 Å². The van der Waals surface area contributed by atoms with Crippen LogP contribution in [0.2, 0.25) is 0 Å². The molecule has 0 saturated carbocycles. The normalized spacial score (nSPS) is 11.9. The summed E-state index contributed by atoms with van der Waals surface area (Å²) < 4.78 is 1.91. The lowest BCUT2D eigenvalue weighted by Gasteiger charge is -2.36. The molecule has 4 nitrogen and oxygen atoms in total. The van der Waals surface area contributed by atoms with E-state index in [1.54, 1.807) is 0 Å². The smallest absolute Gasteiger partial charge is 0.281 e. The highest BCUT2D eigenvalue weighted by Crippen LogP contribution is 2.11. The highest BCUT2D eigenvalue weighted by molar-refractivity contribution is 6.36. The van der Waals surface area contributed by atoms with Gasteiger partial charge in [-0.2, -0.15) is 0 Å². The van der Waals surface area contributed by atoms with Crippen molar-refractivity contribution in [1.82, 2.24) is 0 Å². The van der Waals surface area contributed by atoms with Gasteiger partial charge in [0.15, 0.2) is 0 Å². The van der Waals surface area contributed by atoms with Gasteiger partial charge in [0.2, 0.25) is 0 Å². The van der Waals surface area contributed by atoms with Gasteiger partial charge in [0, 0.05) is 41.3 Å². The Morgan fingerprint density at radius 3 is 1.14 bits per heavy atom. The molecule has 126 valence electrons. The van der Waals surface area contributed by atoms with Crippen molar-refractivity contribution in [3.63, 3.8) is 0 Å². The molecular formula is C16H36B2N4. The van der Waals surface area contributed by atoms with E-state index in [1.807, 2.05) is 0 Å². The summed E-state index contributed by atoms with van der Waals surface area (Å²) in [6.07, 6.45) is 10.6. The maximum Gasteiger partial charge on any atom is 0.281 e. The SMILES string of the molecule is C[N+](C)([BH2-]C#N)CCCCCCCCCC[N+](C)(C)[BH2-]C#N. The molecule has 0 atom stereocenters. The van der Waals surface area contributed by atoms with Crippen LogP contribution < -0.4 is 0 Å². The summed E-state index contributed by atoms with van der Waals surface area (Å²) in [5, 5.41) is 17.6. The quantitative estimate of drug-likeness (QED) is 0.381. The van der Waals surface area contributed by atoms with E-state index in [0.717, 1.165) is 8.79 Å². The van der Waals surface area contributed by atoms with Gasteiger partial charge in [0.1, 0.15) is 0 Å². The molecule has 0 aliphatic rings. The summed E-state index contributed by atoms with van der Waals surface area (Å²) in [6, 6.07) is 0. The van der Waals surface area contributed by atoms with Crippen LogP contribution in [0.25, 0.3) is 0 Å². The number of quaternary nitrogens is 2. The number of rotatable bonds is 13. The molecule has 0 spiro atoms. The maximum absolute atomic E-state index is 8.80. The predicted octanol–water partition coefficient (Wildman–Crippen LogP) is 1.39. The Morgan fingerprint density at radius 2 is 0.864 bits per heavy atom. The lowest BCUT2D eigenvalue weighted by Crippen LogP contribution is -2.43. The lowest BCUT2D eigenvalue weighted by molar-refractivity contribution is -0.777. The lowest BCUT2D eigenvalue weighted by atomic mass is 9.90. The largest absolute Gasteiger partial charge is 0.513 e. The molecule has 0 bridgehead atoms. The topological polar surface area (TPSA) is 47.6 Å². The van der Waals surface area contributed by atoms with Crippen molar-refractivity contribution in [3.8, 4) is 11.9 Å². The van der Waals surface area contributed by atoms with Gasteiger partial charge in [-0.25, -0.2) is 10.5 Å². The van der Waals surface area contributed by atoms with E-state index in [9.17, 15) is 0 Å². The van der Waals surface area contributed by atoms with Crippen LogP contribution in [0.3, 0.4) is 0 Å². The Balaban J connectivity index is 3.38. The summed E-state index contributed by atoms with van der Waals surface area (Å²) in [6.45, 7) is 2.34. The van der Waals surface area contributed by atoms with Crippen LogP contribution in [0.15, 0.2) is 0 Å². The fourth-order valence-electron chi connectivity index (χ4n) is 3.00. The molecular weight excluding hydrogens is 270 g/mol. The number of nitrogens with zero attached hydrogens (tertiary/aromatic N) is 4. The van der Waals surface area contributed by atoms with E-state index in [1.165, 1.54) is 64.5 Å². The first kappa shape index (κ1) is 21.0. The van der Waals surface area contributed by atoms with Crippen LogP contribution in [0.4, 0.5) is 0 Å². The molecule has 22 heavy (non-hydrogen) atoms. The van der Waals surface area contributed by atoms with Gasteiger partial charge in [-0.1, -0.05) is 37.6 Å². The first-order valence-electron chi connectivity index (χ1n) is 9.26. The fourth-order valence-corrected chi connectivity index (χ4v) is 3.00. The van der Waals surface area contributed by atoms with Crippen molar-refractivity contribution in [1.29, 1.82) is 10.5 Å². The summed E-state index contributed by atoms with van der Waals surface area (Å²) >= 11 is 0. The van der Waals surface area contributed by atoms with Gasteiger partial charge in [-0.05, 0) is 25.7 Å². The van der Waals surface area contributed by atoms with E-state index in [4.69, 9.17) is 10.5 Å². The van der Waals surface area contributed by atoms with Crippen molar-refractivity contribution in [3.05, 3.63) is 0 Å². The first-order chi connectivity index (χ1) is 10.3. The van der Waals surface area contributed by atoms with Crippen LogP contribution in [-0.4, -0.2) is 64.9 Å². The number of nitriles is 2. The second kappa shape index (κ2) is 11.6. The summed E-state index contributed by atoms with van der Waals surface area (Å²) in [5.74, 6) is 4.77. The monoisotopic (exact) mass is 306 g/mol. The number of hydrogen-bond donors (Lipinski definition) is 0. The Hall–Kier alpha value is -0.970. The molecule has 6 heteroatoms. The van der Waals surface area contributed by atoms with Gasteiger partial charge in [0.05, 0.1) is 0 Å². The minimum Gasteiger partial charge on any atom is -0.513 e. The molecule has 0 amide bonds. The van der Waals surface area contributed by atoms with Gasteiger partial charge < -0.3 is 8.79 Å². The molecule has 0 aromatic carbocycles. The average molecular weight is 306 g/mol. The standard InChI is InChI=1S/C16H36B2N4/c1-21(2,17-15-19)13-11-9-7-5-6-8-10-12-14-22(3,4)18-16-20/h5-14,17-18H2,1-4H3. The molecule has 0 N–H and O–H groups in total. The molecule has 0 saturated heterocycles. The van der Waals surface area contributed by atoms with E-state index in [2.05, 4.69) is 40.1 Å². The molecule has 0 rings (SSSR count). The maximum atomic E-state index is 8.80. The molecule has 0 aromatic rings. The van der Waals surface area contributed by atoms with Crippen molar-refractivity contribution in [2.45, 2.75) is 51.4 Å². The third-order valence-electron chi connectivity index (χ3n) is 4.82. The summed E-state index contributed by atoms with van der Waals surface area (Å²) in [7, 11) is 7.82. The molecule has 0 fully saturated rings. The third kappa shape index (κ3) is 12.7. The van der Waals surface area contributed by atoms with E-state index in [0.29, 0.717) is 0 Å². The fraction of sp³-hybridized carbons (Fsp3) is 0.875. The van der Waals surface area contributed by atoms with Crippen molar-refractivity contribution >= 4 is 14.8 Å². The molecule has 0 aromatic heterocycles. The van der Waals surface area contributed by atoms with Crippen LogP contribution in [0.5, 0.6) is 0 Å². The van der Waals surface area contributed by atoms with Gasteiger partial charge in [-0.15, -0.1) is 0 Å². The van der Waals surface area contributed by atoms with Crippen molar-refractivity contribution in [2.75, 3.05) is 41.3 Å². The van der Waals surface area contributed by atoms with Crippen LogP contribution in [0, 0.1) is 22.5 Å². The Morgan fingerprint density at radius 1 is 0.591 bits per heavy atom. The second-order valence-electron chi connectivity index (χ2n) is 8.75. The van der Waals surface area contributed by atoms with E-state index in [-0.39, 0.29) is 0 Å². The van der Waals surface area contributed by atoms with E-state index < -0.39 is 14.8 Å². The number of unbranched alkanes of at least 4 members (excludes halogenated alkanes) is 7. The number of hydrogen-bond acceptors (Lipinski definition) is 2. The van der Waals surface area contributed by atoms with Crippen LogP contribution in [0.1, 0.15) is 51.4 Å². The second-order valence-corrected chi connectivity index (χ2v) is 8.75. The molecule has 0 aliphatic carbocycles. The molecule has 0 unspecified atom stereocenters. The van der Waals surface area contributed by atoms with Crippen molar-refractivity contribution in [2.24, 2.45) is 0 Å². The third-order valence-corrected chi connectivity index (χ3v) is 4.82. The zero-order valence-electron chi connectivity index (χ0n) is 15.9. The zero-order valence-corrected chi connectivity index (χ0v) is 15.9. The van der Waals surface area contributed by atoms with Gasteiger partial charge in [-0.3, -0.25) is 0 Å². The zero-order chi connectivity index (χ0) is 16.9. The van der Waals surface area contributed by atoms with E-state index >= 15 is 0 Å². The predicted molar refractivity (Wildman–Crippen MR) is 99.2 cm³/mol. The Bertz CT molecular complexity index is 333. The first-order valence-corrected chi connectivity index (χ1v) is 9.26. The summed E-state index contributed by atoms with van der Waals surface area (Å²) in [5.41, 5.74) is 0. The minimum absolute atomic E-state index is 0.475. The van der Waals surface area contributed by atoms with Crippen LogP contribution in [-0.2, 0) is 0 Å². The molecule has 0 heterocycles. The molecule has 0 aliphatic heterocycles. The molecule has 0 radical (unpaired) electrons. The minimum atomic E-state index is -0.475. The highest BCUT2D eigenvalue weighted by Gasteiger charge is 2.07. The highest BCUT2D eigenvalue weighted by atomic mass is 15.2. The van der Waals surface area contributed by atoms with Gasteiger partial charge >= 0.3 is 0 Å². The summed E-state index contributed by atoms with van der Waals surface area (Å²) in [4.78, 5) is 0. The van der Waals surface area contributed by atoms with Gasteiger partial charge in [0.25, 0.3) is 14.8 Å². The Kier molecular flexibility index (Phi) is 11.1. The average Bonchev–Trinajstić information content (AvgIpc) is 2.40. The Labute approximate surface area is 139 Å².